The Hall–Kier alpha value is -2.08. The molecule has 2 aromatic rings. The Morgan fingerprint density at radius 2 is 2.04 bits per heavy atom. The number of carbonyl (C=O) groups excluding carboxylic acids is 1. The smallest absolute Gasteiger partial charge is 0.287 e. The molecule has 0 saturated carbocycles. The van der Waals surface area contributed by atoms with Gasteiger partial charge in [-0.25, -0.2) is 0 Å². The summed E-state index contributed by atoms with van der Waals surface area (Å²) >= 11 is 0. The third kappa shape index (κ3) is 4.69. The van der Waals surface area contributed by atoms with Crippen LogP contribution in [0.1, 0.15) is 41.6 Å². The summed E-state index contributed by atoms with van der Waals surface area (Å²) < 4.78 is 7.51. The van der Waals surface area contributed by atoms with Crippen molar-refractivity contribution in [1.29, 1.82) is 0 Å². The lowest BCUT2D eigenvalue weighted by atomic mass is 10.4. The van der Waals surface area contributed by atoms with E-state index in [1.165, 1.54) is 0 Å². The molecule has 0 bridgehead atoms. The van der Waals surface area contributed by atoms with Crippen molar-refractivity contribution in [2.75, 3.05) is 26.2 Å². The first kappa shape index (κ1) is 17.3. The summed E-state index contributed by atoms with van der Waals surface area (Å²) in [6, 6.07) is 5.56. The Morgan fingerprint density at radius 3 is 2.65 bits per heavy atom. The van der Waals surface area contributed by atoms with Crippen LogP contribution in [0.4, 0.5) is 0 Å². The number of amides is 1. The van der Waals surface area contributed by atoms with Crippen LogP contribution in [-0.4, -0.2) is 46.8 Å². The number of nitrogens with one attached hydrogen (secondary N) is 1. The number of aromatic nitrogens is 2. The maximum absolute atomic E-state index is 12.1. The molecular weight excluding hydrogens is 292 g/mol. The minimum Gasteiger partial charge on any atom is -0.454 e. The zero-order valence-electron chi connectivity index (χ0n) is 14.4. The van der Waals surface area contributed by atoms with Crippen LogP contribution in [0.25, 0.3) is 0 Å². The molecule has 6 nitrogen and oxygen atoms in total. The molecule has 0 aromatic carbocycles. The van der Waals surface area contributed by atoms with E-state index in [9.17, 15) is 4.79 Å². The van der Waals surface area contributed by atoms with Gasteiger partial charge in [0.05, 0.1) is 12.2 Å². The van der Waals surface area contributed by atoms with Gasteiger partial charge in [-0.15, -0.1) is 0 Å². The molecule has 0 aliphatic heterocycles. The molecule has 0 saturated heterocycles. The lowest BCUT2D eigenvalue weighted by molar-refractivity contribution is 0.0919. The Labute approximate surface area is 137 Å². The molecular formula is C17H26N4O2. The summed E-state index contributed by atoms with van der Waals surface area (Å²) in [7, 11) is 0. The van der Waals surface area contributed by atoms with Crippen molar-refractivity contribution in [2.24, 2.45) is 0 Å². The van der Waals surface area contributed by atoms with Gasteiger partial charge in [-0.2, -0.15) is 5.10 Å². The van der Waals surface area contributed by atoms with Gasteiger partial charge in [-0.05, 0) is 45.1 Å². The standard InChI is InChI=1S/C17H26N4O2/c1-5-20(6-2)10-9-18-17(22)16-8-7-15(23-16)12-21-14(4)11-13(3)19-21/h7-8,11H,5-6,9-10,12H2,1-4H3,(H,18,22). The van der Waals surface area contributed by atoms with Crippen molar-refractivity contribution < 1.29 is 9.21 Å². The Balaban J connectivity index is 1.88. The molecule has 2 heterocycles. The number of hydrogen-bond acceptors (Lipinski definition) is 4. The van der Waals surface area contributed by atoms with Crippen molar-refractivity contribution in [1.82, 2.24) is 20.0 Å². The van der Waals surface area contributed by atoms with Gasteiger partial charge in [-0.1, -0.05) is 13.8 Å². The second kappa shape index (κ2) is 7.97. The topological polar surface area (TPSA) is 63.3 Å². The fraction of sp³-hybridized carbons (Fsp3) is 0.529. The Kier molecular flexibility index (Phi) is 5.98. The summed E-state index contributed by atoms with van der Waals surface area (Å²) in [6.45, 7) is 12.2. The van der Waals surface area contributed by atoms with E-state index in [-0.39, 0.29) is 5.91 Å². The SMILES string of the molecule is CCN(CC)CCNC(=O)c1ccc(Cn2nc(C)cc2C)o1. The van der Waals surface area contributed by atoms with E-state index in [2.05, 4.69) is 29.2 Å². The van der Waals surface area contributed by atoms with Gasteiger partial charge in [0.15, 0.2) is 5.76 Å². The van der Waals surface area contributed by atoms with E-state index in [1.807, 2.05) is 30.7 Å². The van der Waals surface area contributed by atoms with Crippen LogP contribution in [0.5, 0.6) is 0 Å². The van der Waals surface area contributed by atoms with Crippen LogP contribution in [0.2, 0.25) is 0 Å². The van der Waals surface area contributed by atoms with E-state index in [0.29, 0.717) is 18.8 Å². The number of aryl methyl sites for hydroxylation is 2. The van der Waals surface area contributed by atoms with Gasteiger partial charge < -0.3 is 14.6 Å². The second-order valence-corrected chi connectivity index (χ2v) is 5.63. The van der Waals surface area contributed by atoms with E-state index < -0.39 is 0 Å². The molecule has 0 atom stereocenters. The number of nitrogens with zero attached hydrogens (tertiary/aromatic N) is 3. The van der Waals surface area contributed by atoms with E-state index >= 15 is 0 Å². The van der Waals surface area contributed by atoms with Crippen LogP contribution >= 0.6 is 0 Å². The van der Waals surface area contributed by atoms with Crippen molar-refractivity contribution in [3.8, 4) is 0 Å². The van der Waals surface area contributed by atoms with Crippen molar-refractivity contribution >= 4 is 5.91 Å². The van der Waals surface area contributed by atoms with Crippen molar-refractivity contribution in [3.63, 3.8) is 0 Å². The third-order valence-corrected chi connectivity index (χ3v) is 3.90. The summed E-state index contributed by atoms with van der Waals surface area (Å²) in [6.07, 6.45) is 0. The van der Waals surface area contributed by atoms with Crippen LogP contribution in [0, 0.1) is 13.8 Å². The molecule has 1 amide bonds. The minimum absolute atomic E-state index is 0.170. The maximum atomic E-state index is 12.1. The van der Waals surface area contributed by atoms with Gasteiger partial charge >= 0.3 is 0 Å². The average Bonchev–Trinajstić information content (AvgIpc) is 3.11. The predicted octanol–water partition coefficient (Wildman–Crippen LogP) is 2.21. The maximum Gasteiger partial charge on any atom is 0.287 e. The van der Waals surface area contributed by atoms with Gasteiger partial charge in [-0.3, -0.25) is 9.48 Å². The number of carbonyl (C=O) groups is 1. The lowest BCUT2D eigenvalue weighted by Crippen LogP contribution is -2.34. The molecule has 0 aliphatic carbocycles. The predicted molar refractivity (Wildman–Crippen MR) is 89.6 cm³/mol. The summed E-state index contributed by atoms with van der Waals surface area (Å²) in [5, 5.41) is 7.29. The highest BCUT2D eigenvalue weighted by Crippen LogP contribution is 2.11. The van der Waals surface area contributed by atoms with Gasteiger partial charge in [0.2, 0.25) is 0 Å². The molecule has 0 spiro atoms. The van der Waals surface area contributed by atoms with E-state index in [4.69, 9.17) is 4.42 Å². The van der Waals surface area contributed by atoms with Crippen molar-refractivity contribution in [2.45, 2.75) is 34.2 Å². The second-order valence-electron chi connectivity index (χ2n) is 5.63. The highest BCUT2D eigenvalue weighted by Gasteiger charge is 2.12. The molecule has 0 unspecified atom stereocenters. The molecule has 23 heavy (non-hydrogen) atoms. The first-order valence-electron chi connectivity index (χ1n) is 8.13. The first-order valence-corrected chi connectivity index (χ1v) is 8.13. The molecule has 126 valence electrons. The zero-order chi connectivity index (χ0) is 16.8. The Morgan fingerprint density at radius 1 is 1.30 bits per heavy atom. The van der Waals surface area contributed by atoms with E-state index in [1.54, 1.807) is 6.07 Å². The molecule has 0 fully saturated rings. The molecule has 2 aromatic heterocycles. The number of rotatable bonds is 8. The highest BCUT2D eigenvalue weighted by atomic mass is 16.4. The highest BCUT2D eigenvalue weighted by molar-refractivity contribution is 5.91. The van der Waals surface area contributed by atoms with Crippen LogP contribution in [0.3, 0.4) is 0 Å². The number of hydrogen-bond donors (Lipinski definition) is 1. The number of likely N-dealkylation sites (N-methyl/N-ethyl adjacent to an activating group) is 1. The van der Waals surface area contributed by atoms with Gasteiger partial charge in [0.25, 0.3) is 5.91 Å². The van der Waals surface area contributed by atoms with Crippen molar-refractivity contribution in [3.05, 3.63) is 41.1 Å². The summed E-state index contributed by atoms with van der Waals surface area (Å²) in [5.41, 5.74) is 2.05. The monoisotopic (exact) mass is 318 g/mol. The van der Waals surface area contributed by atoms with Crippen LogP contribution in [0.15, 0.2) is 22.6 Å². The number of furan rings is 1. The lowest BCUT2D eigenvalue weighted by Gasteiger charge is -2.17. The molecule has 2 rings (SSSR count). The summed E-state index contributed by atoms with van der Waals surface area (Å²) in [5.74, 6) is 0.906. The quantitative estimate of drug-likeness (QED) is 0.810. The van der Waals surface area contributed by atoms with Gasteiger partial charge in [0.1, 0.15) is 5.76 Å². The third-order valence-electron chi connectivity index (χ3n) is 3.90. The molecule has 6 heteroatoms. The van der Waals surface area contributed by atoms with Crippen LogP contribution in [-0.2, 0) is 6.54 Å². The molecule has 1 N–H and O–H groups in total. The minimum atomic E-state index is -0.170. The average molecular weight is 318 g/mol. The molecule has 0 aliphatic rings. The van der Waals surface area contributed by atoms with Gasteiger partial charge in [0, 0.05) is 18.8 Å². The first-order chi connectivity index (χ1) is 11.0. The normalized spacial score (nSPS) is 11.2. The van der Waals surface area contributed by atoms with E-state index in [0.717, 1.165) is 36.8 Å². The van der Waals surface area contributed by atoms with Crippen LogP contribution < -0.4 is 5.32 Å². The fourth-order valence-corrected chi connectivity index (χ4v) is 2.52. The molecule has 0 radical (unpaired) electrons. The fourth-order valence-electron chi connectivity index (χ4n) is 2.52. The largest absolute Gasteiger partial charge is 0.454 e. The summed E-state index contributed by atoms with van der Waals surface area (Å²) in [4.78, 5) is 14.4. The zero-order valence-corrected chi connectivity index (χ0v) is 14.4. The Bertz CT molecular complexity index is 641.